The second kappa shape index (κ2) is 6.45. The van der Waals surface area contributed by atoms with Crippen molar-refractivity contribution < 1.29 is 9.53 Å². The topological polar surface area (TPSA) is 29.5 Å². The second-order valence-corrected chi connectivity index (χ2v) is 10.5. The lowest BCUT2D eigenvalue weighted by Crippen LogP contribution is -2.58. The summed E-state index contributed by atoms with van der Waals surface area (Å²) in [5.74, 6) is 2.43. The lowest BCUT2D eigenvalue weighted by Gasteiger charge is -2.59. The summed E-state index contributed by atoms with van der Waals surface area (Å²) in [6.07, 6.45) is 6.97. The fourth-order valence-corrected chi connectivity index (χ4v) is 7.40. The molecule has 1 amide bonds. The number of halogens is 2. The van der Waals surface area contributed by atoms with Crippen molar-refractivity contribution in [3.05, 3.63) is 29.3 Å². The van der Waals surface area contributed by atoms with E-state index in [9.17, 15) is 4.79 Å². The number of hydrogen-bond donors (Lipinski definition) is 0. The first kappa shape index (κ1) is 17.7. The molecule has 4 saturated carbocycles. The van der Waals surface area contributed by atoms with E-state index in [4.69, 9.17) is 16.3 Å². The van der Waals surface area contributed by atoms with Gasteiger partial charge in [-0.1, -0.05) is 39.7 Å². The molecular weight excluding hydrogens is 402 g/mol. The number of carbonyl (C=O) groups excluding carboxylic acids is 1. The van der Waals surface area contributed by atoms with Crippen LogP contribution in [0.4, 0.5) is 0 Å². The van der Waals surface area contributed by atoms with E-state index >= 15 is 0 Å². The summed E-state index contributed by atoms with van der Waals surface area (Å²) in [4.78, 5) is 15.1. The van der Waals surface area contributed by atoms with E-state index in [0.717, 1.165) is 31.1 Å². The number of benzene rings is 1. The van der Waals surface area contributed by atoms with Gasteiger partial charge in [0.15, 0.2) is 0 Å². The van der Waals surface area contributed by atoms with Gasteiger partial charge in [0.05, 0.1) is 17.0 Å². The number of hydrogen-bond acceptors (Lipinski definition) is 2. The molecular formula is C20H25BrClNO2. The molecule has 0 aliphatic heterocycles. The second-order valence-electron chi connectivity index (χ2n) is 8.40. The Hall–Kier alpha value is -0.740. The number of para-hydroxylation sites is 1. The number of amides is 1. The first-order valence-corrected chi connectivity index (χ1v) is 10.4. The van der Waals surface area contributed by atoms with Gasteiger partial charge in [0.25, 0.3) is 0 Å². The van der Waals surface area contributed by atoms with Crippen molar-refractivity contribution in [1.29, 1.82) is 0 Å². The summed E-state index contributed by atoms with van der Waals surface area (Å²) >= 11 is 10.1. The van der Waals surface area contributed by atoms with Gasteiger partial charge in [-0.2, -0.15) is 0 Å². The minimum atomic E-state index is -0.146. The monoisotopic (exact) mass is 425 g/mol. The van der Waals surface area contributed by atoms with Crippen LogP contribution in [0.3, 0.4) is 0 Å². The molecule has 4 bridgehead atoms. The molecule has 136 valence electrons. The molecule has 0 N–H and O–H groups in total. The van der Waals surface area contributed by atoms with Gasteiger partial charge < -0.3 is 9.64 Å². The molecule has 4 aliphatic carbocycles. The van der Waals surface area contributed by atoms with E-state index in [1.165, 1.54) is 19.3 Å². The fraction of sp³-hybridized carbons (Fsp3) is 0.650. The third kappa shape index (κ3) is 3.32. The van der Waals surface area contributed by atoms with E-state index in [0.29, 0.717) is 29.8 Å². The van der Waals surface area contributed by atoms with Crippen molar-refractivity contribution in [2.75, 3.05) is 20.2 Å². The molecule has 2 unspecified atom stereocenters. The summed E-state index contributed by atoms with van der Waals surface area (Å²) in [6, 6.07) is 7.46. The average molecular weight is 427 g/mol. The van der Waals surface area contributed by atoms with Crippen molar-refractivity contribution in [3.63, 3.8) is 0 Å². The van der Waals surface area contributed by atoms with E-state index < -0.39 is 0 Å². The highest BCUT2D eigenvalue weighted by molar-refractivity contribution is 9.10. The molecule has 2 atom stereocenters. The van der Waals surface area contributed by atoms with Gasteiger partial charge in [-0.25, -0.2) is 0 Å². The van der Waals surface area contributed by atoms with Crippen LogP contribution in [0.25, 0.3) is 0 Å². The first-order chi connectivity index (χ1) is 11.9. The van der Waals surface area contributed by atoms with Crippen LogP contribution in [0.1, 0.15) is 38.5 Å². The highest BCUT2D eigenvalue weighted by Crippen LogP contribution is 2.64. The molecule has 4 aliphatic rings. The lowest BCUT2D eigenvalue weighted by molar-refractivity contribution is -0.154. The summed E-state index contributed by atoms with van der Waals surface area (Å²) < 4.78 is 5.97. The SMILES string of the molecule is CN(CCOc1ccccc1Cl)C(=O)C12CC3CC(CC(Br)(C3)C1)C2. The van der Waals surface area contributed by atoms with Crippen LogP contribution in [0.15, 0.2) is 24.3 Å². The predicted octanol–water partition coefficient (Wildman–Crippen LogP) is 4.91. The molecule has 0 radical (unpaired) electrons. The number of carbonyl (C=O) groups is 1. The normalized spacial score (nSPS) is 35.6. The molecule has 0 saturated heterocycles. The highest BCUT2D eigenvalue weighted by atomic mass is 79.9. The smallest absolute Gasteiger partial charge is 0.228 e. The quantitative estimate of drug-likeness (QED) is 0.626. The maximum Gasteiger partial charge on any atom is 0.228 e. The van der Waals surface area contributed by atoms with Gasteiger partial charge >= 0.3 is 0 Å². The first-order valence-electron chi connectivity index (χ1n) is 9.21. The van der Waals surface area contributed by atoms with Crippen LogP contribution in [0, 0.1) is 17.3 Å². The van der Waals surface area contributed by atoms with Gasteiger partial charge in [0.1, 0.15) is 12.4 Å². The largest absolute Gasteiger partial charge is 0.490 e. The van der Waals surface area contributed by atoms with Crippen molar-refractivity contribution in [3.8, 4) is 5.75 Å². The predicted molar refractivity (Wildman–Crippen MR) is 103 cm³/mol. The maximum atomic E-state index is 13.3. The summed E-state index contributed by atoms with van der Waals surface area (Å²) in [7, 11) is 1.91. The van der Waals surface area contributed by atoms with E-state index in [-0.39, 0.29) is 9.74 Å². The molecule has 25 heavy (non-hydrogen) atoms. The van der Waals surface area contributed by atoms with Gasteiger partial charge in [0.2, 0.25) is 5.91 Å². The van der Waals surface area contributed by atoms with Crippen molar-refractivity contribution in [2.45, 2.75) is 42.8 Å². The van der Waals surface area contributed by atoms with Gasteiger partial charge in [-0.15, -0.1) is 0 Å². The number of nitrogens with zero attached hydrogens (tertiary/aromatic N) is 1. The Morgan fingerprint density at radius 3 is 2.60 bits per heavy atom. The molecule has 0 heterocycles. The lowest BCUT2D eigenvalue weighted by atomic mass is 9.49. The molecule has 0 aromatic heterocycles. The Kier molecular flexibility index (Phi) is 4.56. The Morgan fingerprint density at radius 1 is 1.28 bits per heavy atom. The van der Waals surface area contributed by atoms with Crippen molar-refractivity contribution in [1.82, 2.24) is 4.90 Å². The third-order valence-electron chi connectivity index (χ3n) is 6.31. The molecule has 0 spiro atoms. The molecule has 5 heteroatoms. The molecule has 1 aromatic carbocycles. The van der Waals surface area contributed by atoms with Crippen LogP contribution in [-0.2, 0) is 4.79 Å². The molecule has 3 nitrogen and oxygen atoms in total. The zero-order valence-electron chi connectivity index (χ0n) is 14.6. The standard InChI is InChI=1S/C20H25BrClNO2/c1-23(6-7-25-17-5-3-2-4-16(17)22)18(24)19-9-14-8-15(10-19)12-20(21,11-14)13-19/h2-5,14-15H,6-13H2,1H3. The van der Waals surface area contributed by atoms with E-state index in [1.54, 1.807) is 0 Å². The van der Waals surface area contributed by atoms with Crippen molar-refractivity contribution in [2.24, 2.45) is 17.3 Å². The van der Waals surface area contributed by atoms with E-state index in [2.05, 4.69) is 15.9 Å². The number of ether oxygens (including phenoxy) is 1. The molecule has 4 fully saturated rings. The summed E-state index contributed by atoms with van der Waals surface area (Å²) in [6.45, 7) is 1.06. The summed E-state index contributed by atoms with van der Waals surface area (Å²) in [5.41, 5.74) is -0.146. The number of alkyl halides is 1. The zero-order chi connectivity index (χ0) is 17.7. The molecule has 1 aromatic rings. The maximum absolute atomic E-state index is 13.3. The zero-order valence-corrected chi connectivity index (χ0v) is 17.0. The minimum Gasteiger partial charge on any atom is -0.490 e. The minimum absolute atomic E-state index is 0.146. The Labute approximate surface area is 163 Å². The fourth-order valence-electron chi connectivity index (χ4n) is 5.76. The van der Waals surface area contributed by atoms with E-state index in [1.807, 2.05) is 36.2 Å². The Balaban J connectivity index is 1.38. The van der Waals surface area contributed by atoms with Gasteiger partial charge in [-0.05, 0) is 62.5 Å². The average Bonchev–Trinajstić information content (AvgIpc) is 2.53. The Bertz CT molecular complexity index is 665. The van der Waals surface area contributed by atoms with Crippen LogP contribution in [-0.4, -0.2) is 35.3 Å². The van der Waals surface area contributed by atoms with Crippen LogP contribution < -0.4 is 4.74 Å². The Morgan fingerprint density at radius 2 is 1.96 bits per heavy atom. The van der Waals surface area contributed by atoms with Crippen LogP contribution in [0.2, 0.25) is 5.02 Å². The van der Waals surface area contributed by atoms with Gasteiger partial charge in [0, 0.05) is 11.4 Å². The number of likely N-dealkylation sites (N-methyl/N-ethyl adjacent to an activating group) is 1. The van der Waals surface area contributed by atoms with Gasteiger partial charge in [-0.3, -0.25) is 4.79 Å². The highest BCUT2D eigenvalue weighted by Gasteiger charge is 2.60. The van der Waals surface area contributed by atoms with Crippen LogP contribution >= 0.6 is 27.5 Å². The summed E-state index contributed by atoms with van der Waals surface area (Å²) in [5, 5.41) is 0.610. The van der Waals surface area contributed by atoms with Crippen molar-refractivity contribution >= 4 is 33.4 Å². The van der Waals surface area contributed by atoms with Crippen LogP contribution in [0.5, 0.6) is 5.75 Å². The molecule has 5 rings (SSSR count). The third-order valence-corrected chi connectivity index (χ3v) is 7.55. The number of rotatable bonds is 5.